The zero-order valence-corrected chi connectivity index (χ0v) is 14.8. The molecule has 1 aromatic heterocycles. The van der Waals surface area contributed by atoms with Crippen LogP contribution in [0.2, 0.25) is 0 Å². The third-order valence-electron chi connectivity index (χ3n) is 4.30. The molecule has 4 nitrogen and oxygen atoms in total. The van der Waals surface area contributed by atoms with Crippen molar-refractivity contribution in [2.45, 2.75) is 6.61 Å². The topological polar surface area (TPSA) is 48.7 Å². The van der Waals surface area contributed by atoms with E-state index < -0.39 is 0 Å². The molecular weight excluding hydrogens is 340 g/mol. The summed E-state index contributed by atoms with van der Waals surface area (Å²) in [4.78, 5) is 12.6. The molecule has 0 spiro atoms. The van der Waals surface area contributed by atoms with Crippen LogP contribution in [-0.2, 0) is 6.61 Å². The largest absolute Gasteiger partial charge is 0.497 e. The minimum absolute atomic E-state index is 0.112. The Labute approximate surface area is 156 Å². The van der Waals surface area contributed by atoms with Crippen molar-refractivity contribution in [2.75, 3.05) is 7.11 Å². The van der Waals surface area contributed by atoms with Crippen molar-refractivity contribution >= 4 is 11.0 Å². The number of hydrogen-bond donors (Lipinski definition) is 0. The van der Waals surface area contributed by atoms with Crippen molar-refractivity contribution in [3.8, 4) is 22.8 Å². The van der Waals surface area contributed by atoms with Crippen LogP contribution in [-0.4, -0.2) is 7.11 Å². The molecule has 0 atom stereocenters. The van der Waals surface area contributed by atoms with Crippen LogP contribution < -0.4 is 14.9 Å². The van der Waals surface area contributed by atoms with Crippen molar-refractivity contribution in [1.82, 2.24) is 0 Å². The Morgan fingerprint density at radius 3 is 2.52 bits per heavy atom. The Balaban J connectivity index is 1.65. The van der Waals surface area contributed by atoms with Gasteiger partial charge in [0.05, 0.1) is 12.5 Å². The van der Waals surface area contributed by atoms with Gasteiger partial charge in [-0.3, -0.25) is 4.79 Å². The van der Waals surface area contributed by atoms with Gasteiger partial charge in [0.1, 0.15) is 29.4 Å². The van der Waals surface area contributed by atoms with E-state index in [4.69, 9.17) is 13.9 Å². The van der Waals surface area contributed by atoms with Crippen LogP contribution in [0.1, 0.15) is 5.56 Å². The quantitative estimate of drug-likeness (QED) is 0.501. The van der Waals surface area contributed by atoms with E-state index in [-0.39, 0.29) is 5.43 Å². The van der Waals surface area contributed by atoms with Crippen molar-refractivity contribution in [3.05, 3.63) is 94.6 Å². The second kappa shape index (κ2) is 7.38. The van der Waals surface area contributed by atoms with E-state index in [0.717, 1.165) is 11.1 Å². The Bertz CT molecular complexity index is 1130. The molecule has 4 rings (SSSR count). The Hall–Kier alpha value is -3.53. The summed E-state index contributed by atoms with van der Waals surface area (Å²) < 4.78 is 17.0. The van der Waals surface area contributed by atoms with Gasteiger partial charge in [0, 0.05) is 11.6 Å². The zero-order valence-electron chi connectivity index (χ0n) is 14.8. The fourth-order valence-corrected chi connectivity index (χ4v) is 2.88. The number of methoxy groups -OCH3 is 1. The van der Waals surface area contributed by atoms with E-state index in [2.05, 4.69) is 0 Å². The van der Waals surface area contributed by atoms with Crippen LogP contribution in [0.3, 0.4) is 0 Å². The van der Waals surface area contributed by atoms with Gasteiger partial charge in [-0.1, -0.05) is 42.5 Å². The van der Waals surface area contributed by atoms with Gasteiger partial charge >= 0.3 is 0 Å². The number of benzene rings is 3. The lowest BCUT2D eigenvalue weighted by molar-refractivity contribution is 0.306. The van der Waals surface area contributed by atoms with Gasteiger partial charge in [0.15, 0.2) is 5.43 Å². The van der Waals surface area contributed by atoms with Crippen LogP contribution in [0.25, 0.3) is 22.3 Å². The first-order chi connectivity index (χ1) is 13.2. The summed E-state index contributed by atoms with van der Waals surface area (Å²) in [6.07, 6.45) is 0. The van der Waals surface area contributed by atoms with E-state index in [9.17, 15) is 4.79 Å². The lowest BCUT2D eigenvalue weighted by Crippen LogP contribution is -2.02. The molecule has 0 N–H and O–H groups in total. The fraction of sp³-hybridized carbons (Fsp3) is 0.0870. The molecule has 4 heteroatoms. The first-order valence-electron chi connectivity index (χ1n) is 8.62. The SMILES string of the molecule is COc1cccc(-c2cc(=O)c3cc(OCc4ccccc4)ccc3o2)c1. The predicted octanol–water partition coefficient (Wildman–Crippen LogP) is 5.05. The molecule has 3 aromatic carbocycles. The molecular formula is C23H18O4. The second-order valence-corrected chi connectivity index (χ2v) is 6.14. The molecule has 0 aliphatic rings. The van der Waals surface area contributed by atoms with E-state index >= 15 is 0 Å². The second-order valence-electron chi connectivity index (χ2n) is 6.14. The van der Waals surface area contributed by atoms with Crippen LogP contribution in [0.4, 0.5) is 0 Å². The number of hydrogen-bond acceptors (Lipinski definition) is 4. The molecule has 134 valence electrons. The molecule has 4 aromatic rings. The monoisotopic (exact) mass is 358 g/mol. The maximum Gasteiger partial charge on any atom is 0.193 e. The molecule has 0 aliphatic carbocycles. The summed E-state index contributed by atoms with van der Waals surface area (Å²) in [7, 11) is 1.60. The number of rotatable bonds is 5. The molecule has 0 bridgehead atoms. The van der Waals surface area contributed by atoms with E-state index in [1.165, 1.54) is 6.07 Å². The van der Waals surface area contributed by atoms with Crippen molar-refractivity contribution in [1.29, 1.82) is 0 Å². The van der Waals surface area contributed by atoms with Crippen LogP contribution in [0.5, 0.6) is 11.5 Å². The maximum atomic E-state index is 12.6. The normalized spacial score (nSPS) is 10.7. The van der Waals surface area contributed by atoms with Crippen molar-refractivity contribution in [2.24, 2.45) is 0 Å². The molecule has 27 heavy (non-hydrogen) atoms. The van der Waals surface area contributed by atoms with Gasteiger partial charge in [-0.2, -0.15) is 0 Å². The predicted molar refractivity (Wildman–Crippen MR) is 105 cm³/mol. The molecule has 0 radical (unpaired) electrons. The molecule has 0 aliphatic heterocycles. The highest BCUT2D eigenvalue weighted by Crippen LogP contribution is 2.27. The summed E-state index contributed by atoms with van der Waals surface area (Å²) in [5, 5.41) is 0.493. The van der Waals surface area contributed by atoms with E-state index in [0.29, 0.717) is 34.8 Å². The maximum absolute atomic E-state index is 12.6. The average molecular weight is 358 g/mol. The smallest absolute Gasteiger partial charge is 0.193 e. The van der Waals surface area contributed by atoms with Gasteiger partial charge in [-0.15, -0.1) is 0 Å². The highest BCUT2D eigenvalue weighted by molar-refractivity contribution is 5.80. The molecule has 0 unspecified atom stereocenters. The fourth-order valence-electron chi connectivity index (χ4n) is 2.88. The van der Waals surface area contributed by atoms with E-state index in [1.807, 2.05) is 60.7 Å². The summed E-state index contributed by atoms with van der Waals surface area (Å²) in [5.41, 5.74) is 2.27. The summed E-state index contributed by atoms with van der Waals surface area (Å²) >= 11 is 0. The van der Waals surface area contributed by atoms with Gasteiger partial charge in [-0.05, 0) is 35.9 Å². The zero-order chi connectivity index (χ0) is 18.6. The summed E-state index contributed by atoms with van der Waals surface area (Å²) in [6, 6.07) is 24.1. The lowest BCUT2D eigenvalue weighted by atomic mass is 10.1. The minimum atomic E-state index is -0.112. The lowest BCUT2D eigenvalue weighted by Gasteiger charge is -2.08. The molecule has 0 saturated carbocycles. The molecule has 0 fully saturated rings. The summed E-state index contributed by atoms with van der Waals surface area (Å²) in [5.74, 6) is 1.84. The van der Waals surface area contributed by atoms with Crippen molar-refractivity contribution < 1.29 is 13.9 Å². The highest BCUT2D eigenvalue weighted by atomic mass is 16.5. The van der Waals surface area contributed by atoms with Gasteiger partial charge < -0.3 is 13.9 Å². The average Bonchev–Trinajstić information content (AvgIpc) is 2.73. The number of fused-ring (bicyclic) bond motifs is 1. The van der Waals surface area contributed by atoms with Crippen LogP contribution >= 0.6 is 0 Å². The van der Waals surface area contributed by atoms with Crippen molar-refractivity contribution in [3.63, 3.8) is 0 Å². The van der Waals surface area contributed by atoms with E-state index in [1.54, 1.807) is 19.2 Å². The standard InChI is InChI=1S/C23H18O4/c1-25-18-9-5-8-17(12-18)23-14-21(24)20-13-19(10-11-22(20)27-23)26-15-16-6-3-2-4-7-16/h2-14H,15H2,1H3. The highest BCUT2D eigenvalue weighted by Gasteiger charge is 2.09. The summed E-state index contributed by atoms with van der Waals surface area (Å²) in [6.45, 7) is 0.444. The Morgan fingerprint density at radius 2 is 1.70 bits per heavy atom. The third kappa shape index (κ3) is 3.70. The van der Waals surface area contributed by atoms with Gasteiger partial charge in [-0.25, -0.2) is 0 Å². The Kier molecular flexibility index (Phi) is 4.62. The first kappa shape index (κ1) is 16.9. The molecule has 0 saturated heterocycles. The first-order valence-corrected chi connectivity index (χ1v) is 8.62. The van der Waals surface area contributed by atoms with Gasteiger partial charge in [0.25, 0.3) is 0 Å². The van der Waals surface area contributed by atoms with Gasteiger partial charge in [0.2, 0.25) is 0 Å². The molecule has 1 heterocycles. The van der Waals surface area contributed by atoms with Crippen LogP contribution in [0, 0.1) is 0 Å². The third-order valence-corrected chi connectivity index (χ3v) is 4.30. The minimum Gasteiger partial charge on any atom is -0.497 e. The number of ether oxygens (including phenoxy) is 2. The molecule has 0 amide bonds. The van der Waals surface area contributed by atoms with Crippen LogP contribution in [0.15, 0.2) is 88.1 Å². The Morgan fingerprint density at radius 1 is 0.852 bits per heavy atom.